The molecular formula is C14H16N2O2. The predicted octanol–water partition coefficient (Wildman–Crippen LogP) is 2.70. The van der Waals surface area contributed by atoms with Crippen LogP contribution in [-0.2, 0) is 6.54 Å². The largest absolute Gasteiger partial charge is 0.496 e. The summed E-state index contributed by atoms with van der Waals surface area (Å²) in [5.41, 5.74) is 3.68. The summed E-state index contributed by atoms with van der Waals surface area (Å²) >= 11 is 0. The van der Waals surface area contributed by atoms with Gasteiger partial charge in [0.25, 0.3) is 0 Å². The van der Waals surface area contributed by atoms with Gasteiger partial charge in [-0.05, 0) is 31.5 Å². The lowest BCUT2D eigenvalue weighted by Gasteiger charge is -2.07. The van der Waals surface area contributed by atoms with Crippen molar-refractivity contribution in [2.45, 2.75) is 20.4 Å². The van der Waals surface area contributed by atoms with Crippen LogP contribution in [0.1, 0.15) is 23.0 Å². The van der Waals surface area contributed by atoms with Gasteiger partial charge in [-0.3, -0.25) is 9.48 Å². The summed E-state index contributed by atoms with van der Waals surface area (Å²) in [6.45, 7) is 4.91. The fourth-order valence-electron chi connectivity index (χ4n) is 2.04. The molecule has 0 amide bonds. The van der Waals surface area contributed by atoms with Crippen LogP contribution < -0.4 is 4.74 Å². The van der Waals surface area contributed by atoms with Crippen molar-refractivity contribution in [3.05, 3.63) is 35.7 Å². The van der Waals surface area contributed by atoms with E-state index in [0.29, 0.717) is 11.3 Å². The maximum Gasteiger partial charge on any atom is 0.153 e. The monoisotopic (exact) mass is 244 g/mol. The zero-order valence-corrected chi connectivity index (χ0v) is 10.8. The second-order valence-corrected chi connectivity index (χ2v) is 4.03. The molecule has 0 saturated carbocycles. The van der Waals surface area contributed by atoms with E-state index in [1.54, 1.807) is 7.11 Å². The molecule has 18 heavy (non-hydrogen) atoms. The molecule has 0 bridgehead atoms. The Labute approximate surface area is 106 Å². The number of nitrogens with zero attached hydrogens (tertiary/aromatic N) is 2. The van der Waals surface area contributed by atoms with Crippen molar-refractivity contribution in [3.63, 3.8) is 0 Å². The second kappa shape index (κ2) is 5.04. The minimum Gasteiger partial charge on any atom is -0.496 e. The number of carbonyl (C=O) groups excluding carboxylic acids is 1. The Bertz CT molecular complexity index is 573. The van der Waals surface area contributed by atoms with E-state index in [9.17, 15) is 4.79 Å². The van der Waals surface area contributed by atoms with Crippen LogP contribution in [0.15, 0.2) is 24.4 Å². The number of hydrogen-bond acceptors (Lipinski definition) is 3. The normalized spacial score (nSPS) is 10.4. The third-order valence-corrected chi connectivity index (χ3v) is 3.07. The zero-order chi connectivity index (χ0) is 13.1. The summed E-state index contributed by atoms with van der Waals surface area (Å²) in [5, 5.41) is 4.31. The first-order valence-electron chi connectivity index (χ1n) is 5.87. The van der Waals surface area contributed by atoms with Gasteiger partial charge >= 0.3 is 0 Å². The molecule has 1 aromatic heterocycles. The molecule has 1 heterocycles. The highest BCUT2D eigenvalue weighted by Gasteiger charge is 2.10. The lowest BCUT2D eigenvalue weighted by Crippen LogP contribution is -1.98. The van der Waals surface area contributed by atoms with Gasteiger partial charge in [0.05, 0.1) is 18.9 Å². The molecule has 0 unspecified atom stereocenters. The van der Waals surface area contributed by atoms with Gasteiger partial charge < -0.3 is 4.74 Å². The molecule has 0 spiro atoms. The quantitative estimate of drug-likeness (QED) is 0.777. The number of carbonyl (C=O) groups is 1. The summed E-state index contributed by atoms with van der Waals surface area (Å²) in [4.78, 5) is 11.0. The van der Waals surface area contributed by atoms with E-state index >= 15 is 0 Å². The molecule has 4 nitrogen and oxygen atoms in total. The van der Waals surface area contributed by atoms with E-state index < -0.39 is 0 Å². The molecule has 0 N–H and O–H groups in total. The van der Waals surface area contributed by atoms with E-state index in [4.69, 9.17) is 4.74 Å². The number of aromatic nitrogens is 2. The van der Waals surface area contributed by atoms with Crippen LogP contribution >= 0.6 is 0 Å². The van der Waals surface area contributed by atoms with E-state index in [-0.39, 0.29) is 0 Å². The first kappa shape index (κ1) is 12.4. The minimum atomic E-state index is 0.554. The van der Waals surface area contributed by atoms with Crippen LogP contribution in [0, 0.1) is 6.92 Å². The Morgan fingerprint density at radius 1 is 1.44 bits per heavy atom. The number of methoxy groups -OCH3 is 1. The summed E-state index contributed by atoms with van der Waals surface area (Å²) < 4.78 is 7.06. The van der Waals surface area contributed by atoms with E-state index in [0.717, 1.165) is 29.7 Å². The average Bonchev–Trinajstić information content (AvgIpc) is 2.79. The van der Waals surface area contributed by atoms with Gasteiger partial charge in [-0.15, -0.1) is 0 Å². The van der Waals surface area contributed by atoms with Crippen molar-refractivity contribution in [1.29, 1.82) is 0 Å². The number of aldehydes is 1. The number of ether oxygens (including phenoxy) is 1. The van der Waals surface area contributed by atoms with Crippen LogP contribution in [0.5, 0.6) is 5.75 Å². The summed E-state index contributed by atoms with van der Waals surface area (Å²) in [6, 6.07) is 5.58. The molecule has 0 fully saturated rings. The van der Waals surface area contributed by atoms with Gasteiger partial charge in [-0.2, -0.15) is 5.10 Å². The van der Waals surface area contributed by atoms with Crippen molar-refractivity contribution in [1.82, 2.24) is 9.78 Å². The van der Waals surface area contributed by atoms with Crippen LogP contribution in [0.2, 0.25) is 0 Å². The third-order valence-electron chi connectivity index (χ3n) is 3.07. The third kappa shape index (κ3) is 2.01. The summed E-state index contributed by atoms with van der Waals surface area (Å²) in [7, 11) is 1.56. The van der Waals surface area contributed by atoms with Crippen molar-refractivity contribution in [2.24, 2.45) is 0 Å². The van der Waals surface area contributed by atoms with Crippen molar-refractivity contribution in [3.8, 4) is 16.9 Å². The Kier molecular flexibility index (Phi) is 3.46. The van der Waals surface area contributed by atoms with Gasteiger partial charge in [0.1, 0.15) is 5.75 Å². The van der Waals surface area contributed by atoms with Crippen molar-refractivity contribution >= 4 is 6.29 Å². The SMILES string of the molecule is CCn1ncc(-c2ccc(OC)c(C=O)c2)c1C. The van der Waals surface area contributed by atoms with Gasteiger partial charge in [0.15, 0.2) is 6.29 Å². The number of benzene rings is 1. The standard InChI is InChI=1S/C14H16N2O2/c1-4-16-10(2)13(8-15-16)11-5-6-14(18-3)12(7-11)9-17/h5-9H,4H2,1-3H3. The number of hydrogen-bond donors (Lipinski definition) is 0. The highest BCUT2D eigenvalue weighted by molar-refractivity contribution is 5.83. The molecule has 0 saturated heterocycles. The summed E-state index contributed by atoms with van der Waals surface area (Å²) in [6.07, 6.45) is 2.64. The van der Waals surface area contributed by atoms with E-state index in [1.807, 2.05) is 36.0 Å². The molecule has 94 valence electrons. The minimum absolute atomic E-state index is 0.554. The molecule has 0 atom stereocenters. The molecule has 0 aliphatic heterocycles. The Morgan fingerprint density at radius 2 is 2.22 bits per heavy atom. The van der Waals surface area contributed by atoms with Gasteiger partial charge in [-0.25, -0.2) is 0 Å². The van der Waals surface area contributed by atoms with Crippen LogP contribution in [0.25, 0.3) is 11.1 Å². The first-order valence-corrected chi connectivity index (χ1v) is 5.87. The lowest BCUT2D eigenvalue weighted by atomic mass is 10.0. The van der Waals surface area contributed by atoms with Crippen LogP contribution in [-0.4, -0.2) is 23.2 Å². The highest BCUT2D eigenvalue weighted by atomic mass is 16.5. The van der Waals surface area contributed by atoms with Crippen molar-refractivity contribution in [2.75, 3.05) is 7.11 Å². The number of rotatable bonds is 4. The van der Waals surface area contributed by atoms with E-state index in [1.165, 1.54) is 0 Å². The summed E-state index contributed by atoms with van der Waals surface area (Å²) in [5.74, 6) is 0.592. The molecular weight excluding hydrogens is 228 g/mol. The molecule has 0 aliphatic rings. The van der Waals surface area contributed by atoms with Gasteiger partial charge in [0, 0.05) is 17.8 Å². The Morgan fingerprint density at radius 3 is 2.78 bits per heavy atom. The first-order chi connectivity index (χ1) is 8.71. The fraction of sp³-hybridized carbons (Fsp3) is 0.286. The second-order valence-electron chi connectivity index (χ2n) is 4.03. The smallest absolute Gasteiger partial charge is 0.153 e. The number of aryl methyl sites for hydroxylation is 1. The van der Waals surface area contributed by atoms with Crippen molar-refractivity contribution < 1.29 is 9.53 Å². The van der Waals surface area contributed by atoms with Crippen LogP contribution in [0.3, 0.4) is 0 Å². The lowest BCUT2D eigenvalue weighted by molar-refractivity contribution is 0.112. The molecule has 1 aromatic carbocycles. The predicted molar refractivity (Wildman–Crippen MR) is 70.0 cm³/mol. The van der Waals surface area contributed by atoms with E-state index in [2.05, 4.69) is 12.0 Å². The molecule has 4 heteroatoms. The molecule has 0 radical (unpaired) electrons. The molecule has 2 aromatic rings. The van der Waals surface area contributed by atoms with Crippen LogP contribution in [0.4, 0.5) is 0 Å². The van der Waals surface area contributed by atoms with Gasteiger partial charge in [0.2, 0.25) is 0 Å². The zero-order valence-electron chi connectivity index (χ0n) is 10.8. The fourth-order valence-corrected chi connectivity index (χ4v) is 2.04. The highest BCUT2D eigenvalue weighted by Crippen LogP contribution is 2.27. The van der Waals surface area contributed by atoms with Gasteiger partial charge in [-0.1, -0.05) is 6.07 Å². The molecule has 0 aliphatic carbocycles. The average molecular weight is 244 g/mol. The Balaban J connectivity index is 2.50. The maximum absolute atomic E-state index is 11.0. The Hall–Kier alpha value is -2.10. The molecule has 2 rings (SSSR count). The topological polar surface area (TPSA) is 44.1 Å². The maximum atomic E-state index is 11.0.